The van der Waals surface area contributed by atoms with E-state index in [9.17, 15) is 4.79 Å². The van der Waals surface area contributed by atoms with Gasteiger partial charge in [0, 0.05) is 49.2 Å². The zero-order valence-electron chi connectivity index (χ0n) is 16.2. The molecule has 0 spiro atoms. The second kappa shape index (κ2) is 8.24. The van der Waals surface area contributed by atoms with Crippen LogP contribution in [0.5, 0.6) is 0 Å². The number of hydrogen-bond acceptors (Lipinski definition) is 6. The maximum atomic E-state index is 12.9. The van der Waals surface area contributed by atoms with Gasteiger partial charge in [-0.2, -0.15) is 0 Å². The van der Waals surface area contributed by atoms with Crippen LogP contribution in [0.2, 0.25) is 0 Å². The van der Waals surface area contributed by atoms with E-state index in [1.807, 2.05) is 18.6 Å². The van der Waals surface area contributed by atoms with E-state index in [0.717, 1.165) is 49.4 Å². The van der Waals surface area contributed by atoms with Crippen LogP contribution >= 0.6 is 11.3 Å². The second-order valence-electron chi connectivity index (χ2n) is 7.18. The smallest absolute Gasteiger partial charge is 0.255 e. The van der Waals surface area contributed by atoms with Crippen LogP contribution in [0, 0.1) is 0 Å². The number of fused-ring (bicyclic) bond motifs is 1. The molecule has 1 amide bonds. The summed E-state index contributed by atoms with van der Waals surface area (Å²) in [6, 6.07) is 6.06. The first-order valence-corrected chi connectivity index (χ1v) is 10.4. The molecule has 0 aromatic carbocycles. The molecule has 0 aliphatic carbocycles. The highest BCUT2D eigenvalue weighted by molar-refractivity contribution is 7.10. The lowest BCUT2D eigenvalue weighted by atomic mass is 10.0. The van der Waals surface area contributed by atoms with Gasteiger partial charge in [-0.05, 0) is 30.0 Å². The Morgan fingerprint density at radius 3 is 2.93 bits per heavy atom. The number of rotatable bonds is 6. The van der Waals surface area contributed by atoms with Gasteiger partial charge in [-0.1, -0.05) is 18.1 Å². The Labute approximate surface area is 168 Å². The number of aromatic nitrogens is 2. The molecule has 0 saturated carbocycles. The van der Waals surface area contributed by atoms with E-state index in [1.54, 1.807) is 22.3 Å². The standard InChI is InChI=1S/C21H24N4O2S/c1-3-15-4-5-16(22-10-15)12-25-8-6-18-19(14-28-20(18)13-25)21(26)24(2)11-17-7-9-27-23-17/h4-5,7,9-10,14H,3,6,8,11-13H2,1-2H3. The van der Waals surface area contributed by atoms with Crippen LogP contribution in [0.3, 0.4) is 0 Å². The van der Waals surface area contributed by atoms with Gasteiger partial charge in [-0.15, -0.1) is 11.3 Å². The average Bonchev–Trinajstić information content (AvgIpc) is 3.37. The Morgan fingerprint density at radius 1 is 1.32 bits per heavy atom. The first-order chi connectivity index (χ1) is 13.6. The number of aryl methyl sites for hydroxylation is 1. The molecule has 7 heteroatoms. The lowest BCUT2D eigenvalue weighted by molar-refractivity contribution is 0.0780. The normalized spacial score (nSPS) is 14.1. The summed E-state index contributed by atoms with van der Waals surface area (Å²) in [6.45, 7) is 5.25. The van der Waals surface area contributed by atoms with Crippen LogP contribution < -0.4 is 0 Å². The Hall–Kier alpha value is -2.51. The Kier molecular flexibility index (Phi) is 5.54. The van der Waals surface area contributed by atoms with Crippen molar-refractivity contribution in [1.82, 2.24) is 19.9 Å². The number of amides is 1. The van der Waals surface area contributed by atoms with E-state index >= 15 is 0 Å². The molecule has 28 heavy (non-hydrogen) atoms. The zero-order chi connectivity index (χ0) is 19.5. The van der Waals surface area contributed by atoms with Crippen molar-refractivity contribution in [2.75, 3.05) is 13.6 Å². The molecule has 1 aliphatic rings. The number of thiophene rings is 1. The molecule has 0 saturated heterocycles. The Morgan fingerprint density at radius 2 is 2.21 bits per heavy atom. The third-order valence-electron chi connectivity index (χ3n) is 5.17. The van der Waals surface area contributed by atoms with Gasteiger partial charge in [0.2, 0.25) is 0 Å². The number of carbonyl (C=O) groups excluding carboxylic acids is 1. The summed E-state index contributed by atoms with van der Waals surface area (Å²) in [5.41, 5.74) is 5.15. The fourth-order valence-electron chi connectivity index (χ4n) is 3.52. The van der Waals surface area contributed by atoms with Gasteiger partial charge in [-0.25, -0.2) is 0 Å². The molecular weight excluding hydrogens is 372 g/mol. The highest BCUT2D eigenvalue weighted by Crippen LogP contribution is 2.30. The maximum Gasteiger partial charge on any atom is 0.255 e. The molecule has 1 aliphatic heterocycles. The Bertz CT molecular complexity index is 934. The summed E-state index contributed by atoms with van der Waals surface area (Å²) < 4.78 is 4.85. The van der Waals surface area contributed by atoms with Crippen LogP contribution in [0.4, 0.5) is 0 Å². The number of pyridine rings is 1. The zero-order valence-corrected chi connectivity index (χ0v) is 17.0. The third-order valence-corrected chi connectivity index (χ3v) is 6.19. The lowest BCUT2D eigenvalue weighted by Crippen LogP contribution is -2.32. The predicted octanol–water partition coefficient (Wildman–Crippen LogP) is 3.52. The monoisotopic (exact) mass is 396 g/mol. The molecule has 0 fully saturated rings. The predicted molar refractivity (Wildman–Crippen MR) is 108 cm³/mol. The summed E-state index contributed by atoms with van der Waals surface area (Å²) in [7, 11) is 1.81. The topological polar surface area (TPSA) is 62.5 Å². The van der Waals surface area contributed by atoms with Crippen molar-refractivity contribution < 1.29 is 9.32 Å². The van der Waals surface area contributed by atoms with Crippen molar-refractivity contribution in [3.63, 3.8) is 0 Å². The fraction of sp³-hybridized carbons (Fsp3) is 0.381. The highest BCUT2D eigenvalue weighted by Gasteiger charge is 2.25. The lowest BCUT2D eigenvalue weighted by Gasteiger charge is -2.27. The van der Waals surface area contributed by atoms with Crippen molar-refractivity contribution >= 4 is 17.2 Å². The van der Waals surface area contributed by atoms with Crippen molar-refractivity contribution in [3.05, 3.63) is 69.0 Å². The van der Waals surface area contributed by atoms with E-state index in [4.69, 9.17) is 4.52 Å². The molecule has 3 aromatic rings. The number of nitrogens with zero attached hydrogens (tertiary/aromatic N) is 4. The van der Waals surface area contributed by atoms with Crippen molar-refractivity contribution in [2.45, 2.75) is 39.4 Å². The van der Waals surface area contributed by atoms with Gasteiger partial charge in [-0.3, -0.25) is 14.7 Å². The van der Waals surface area contributed by atoms with Crippen molar-refractivity contribution in [3.8, 4) is 0 Å². The SMILES string of the molecule is CCc1ccc(CN2CCc3c(C(=O)N(C)Cc4ccon4)csc3C2)nc1. The third kappa shape index (κ3) is 4.00. The molecule has 146 valence electrons. The first-order valence-electron chi connectivity index (χ1n) is 9.54. The van der Waals surface area contributed by atoms with Crippen molar-refractivity contribution in [1.29, 1.82) is 0 Å². The minimum atomic E-state index is 0.0470. The molecule has 3 aromatic heterocycles. The van der Waals surface area contributed by atoms with Gasteiger partial charge in [0.15, 0.2) is 0 Å². The van der Waals surface area contributed by atoms with E-state index in [0.29, 0.717) is 6.54 Å². The van der Waals surface area contributed by atoms with Gasteiger partial charge >= 0.3 is 0 Å². The van der Waals surface area contributed by atoms with Crippen LogP contribution in [0.25, 0.3) is 0 Å². The number of carbonyl (C=O) groups is 1. The quantitative estimate of drug-likeness (QED) is 0.638. The molecular formula is C21H24N4O2S. The summed E-state index contributed by atoms with van der Waals surface area (Å²) in [6.07, 6.45) is 5.40. The van der Waals surface area contributed by atoms with Gasteiger partial charge in [0.1, 0.15) is 12.0 Å². The van der Waals surface area contributed by atoms with Crippen LogP contribution in [-0.4, -0.2) is 39.4 Å². The summed E-state index contributed by atoms with van der Waals surface area (Å²) in [4.78, 5) is 22.9. The average molecular weight is 397 g/mol. The van der Waals surface area contributed by atoms with E-state index in [1.165, 1.54) is 22.3 Å². The molecule has 6 nitrogen and oxygen atoms in total. The summed E-state index contributed by atoms with van der Waals surface area (Å²) >= 11 is 1.68. The largest absolute Gasteiger partial charge is 0.364 e. The van der Waals surface area contributed by atoms with Gasteiger partial charge in [0.25, 0.3) is 5.91 Å². The molecule has 0 N–H and O–H groups in total. The maximum absolute atomic E-state index is 12.9. The number of hydrogen-bond donors (Lipinski definition) is 0. The minimum absolute atomic E-state index is 0.0470. The van der Waals surface area contributed by atoms with E-state index in [2.05, 4.69) is 34.1 Å². The molecule has 0 atom stereocenters. The molecule has 0 bridgehead atoms. The molecule has 0 radical (unpaired) electrons. The van der Waals surface area contributed by atoms with E-state index < -0.39 is 0 Å². The van der Waals surface area contributed by atoms with Crippen LogP contribution in [0.1, 0.15) is 44.7 Å². The van der Waals surface area contributed by atoms with Gasteiger partial charge in [0.05, 0.1) is 17.8 Å². The molecule has 4 heterocycles. The second-order valence-corrected chi connectivity index (χ2v) is 8.14. The van der Waals surface area contributed by atoms with Crippen LogP contribution in [-0.2, 0) is 32.5 Å². The van der Waals surface area contributed by atoms with E-state index in [-0.39, 0.29) is 5.91 Å². The van der Waals surface area contributed by atoms with Crippen LogP contribution in [0.15, 0.2) is 40.6 Å². The van der Waals surface area contributed by atoms with Gasteiger partial charge < -0.3 is 9.42 Å². The highest BCUT2D eigenvalue weighted by atomic mass is 32.1. The molecule has 4 rings (SSSR count). The van der Waals surface area contributed by atoms with Crippen molar-refractivity contribution in [2.24, 2.45) is 0 Å². The fourth-order valence-corrected chi connectivity index (χ4v) is 4.64. The summed E-state index contributed by atoms with van der Waals surface area (Å²) in [5.74, 6) is 0.0470. The first kappa shape index (κ1) is 18.8. The minimum Gasteiger partial charge on any atom is -0.364 e. The Balaban J connectivity index is 1.41. The summed E-state index contributed by atoms with van der Waals surface area (Å²) in [5, 5.41) is 5.89. The molecule has 0 unspecified atom stereocenters.